The Morgan fingerprint density at radius 2 is 1.17 bits per heavy atom. The van der Waals surface area contributed by atoms with Crippen LogP contribution >= 0.6 is 0 Å². The van der Waals surface area contributed by atoms with Crippen LogP contribution in [0.3, 0.4) is 0 Å². The van der Waals surface area contributed by atoms with E-state index in [9.17, 15) is 0 Å². The smallest absolute Gasteiger partial charge is 0.131 e. The first-order valence-corrected chi connectivity index (χ1v) is 13.6. The SMILES string of the molecule is CCCCCCCc1cnc(C2CCC(CCC3CCC(CCC)CC3)CC2)nc1. The van der Waals surface area contributed by atoms with Crippen LogP contribution in [0.2, 0.25) is 0 Å². The third-order valence-electron chi connectivity index (χ3n) is 8.15. The Hall–Kier alpha value is -0.920. The maximum absolute atomic E-state index is 4.77. The number of unbranched alkanes of at least 4 members (excludes halogenated alkanes) is 4. The highest BCUT2D eigenvalue weighted by Gasteiger charge is 2.26. The third kappa shape index (κ3) is 7.97. The fourth-order valence-corrected chi connectivity index (χ4v) is 6.04. The van der Waals surface area contributed by atoms with Crippen molar-refractivity contribution in [2.45, 2.75) is 135 Å². The van der Waals surface area contributed by atoms with Crippen molar-refractivity contribution >= 4 is 0 Å². The maximum Gasteiger partial charge on any atom is 0.131 e. The van der Waals surface area contributed by atoms with Crippen molar-refractivity contribution in [3.05, 3.63) is 23.8 Å². The zero-order valence-electron chi connectivity index (χ0n) is 20.1. The minimum Gasteiger partial charge on any atom is -0.241 e. The molecule has 1 aromatic rings. The van der Waals surface area contributed by atoms with E-state index in [2.05, 4.69) is 26.2 Å². The molecule has 0 amide bonds. The number of hydrogen-bond donors (Lipinski definition) is 0. The van der Waals surface area contributed by atoms with Gasteiger partial charge in [0.05, 0.1) is 0 Å². The molecule has 0 atom stereocenters. The summed E-state index contributed by atoms with van der Waals surface area (Å²) in [5.41, 5.74) is 1.33. The van der Waals surface area contributed by atoms with Gasteiger partial charge < -0.3 is 0 Å². The lowest BCUT2D eigenvalue weighted by Crippen LogP contribution is -2.18. The number of nitrogens with zero attached hydrogens (tertiary/aromatic N) is 2. The van der Waals surface area contributed by atoms with Gasteiger partial charge in [0, 0.05) is 18.3 Å². The van der Waals surface area contributed by atoms with Crippen LogP contribution in [-0.2, 0) is 6.42 Å². The highest BCUT2D eigenvalue weighted by atomic mass is 14.9. The van der Waals surface area contributed by atoms with Gasteiger partial charge in [-0.1, -0.05) is 90.9 Å². The lowest BCUT2D eigenvalue weighted by molar-refractivity contribution is 0.223. The average Bonchev–Trinajstić information content (AvgIpc) is 2.79. The molecule has 1 heterocycles. The van der Waals surface area contributed by atoms with Gasteiger partial charge in [0.15, 0.2) is 0 Å². The van der Waals surface area contributed by atoms with Crippen LogP contribution in [0.5, 0.6) is 0 Å². The van der Waals surface area contributed by atoms with Gasteiger partial charge in [-0.15, -0.1) is 0 Å². The van der Waals surface area contributed by atoms with Gasteiger partial charge in [-0.25, -0.2) is 9.97 Å². The van der Waals surface area contributed by atoms with Gasteiger partial charge in [-0.3, -0.25) is 0 Å². The summed E-state index contributed by atoms with van der Waals surface area (Å²) in [6.07, 6.45) is 29.4. The predicted molar refractivity (Wildman–Crippen MR) is 129 cm³/mol. The summed E-state index contributed by atoms with van der Waals surface area (Å²) in [4.78, 5) is 9.55. The molecule has 0 unspecified atom stereocenters. The summed E-state index contributed by atoms with van der Waals surface area (Å²) in [7, 11) is 0. The molecule has 2 aliphatic rings. The van der Waals surface area contributed by atoms with Gasteiger partial charge >= 0.3 is 0 Å². The Morgan fingerprint density at radius 3 is 1.73 bits per heavy atom. The summed E-state index contributed by atoms with van der Waals surface area (Å²) >= 11 is 0. The first kappa shape index (κ1) is 23.7. The molecule has 0 radical (unpaired) electrons. The summed E-state index contributed by atoms with van der Waals surface area (Å²) < 4.78 is 0. The van der Waals surface area contributed by atoms with Crippen LogP contribution in [0.4, 0.5) is 0 Å². The second-order valence-corrected chi connectivity index (χ2v) is 10.6. The molecule has 170 valence electrons. The molecule has 2 saturated carbocycles. The third-order valence-corrected chi connectivity index (χ3v) is 8.15. The molecule has 0 N–H and O–H groups in total. The molecule has 0 spiro atoms. The monoisotopic (exact) mass is 412 g/mol. The molecule has 30 heavy (non-hydrogen) atoms. The van der Waals surface area contributed by atoms with E-state index < -0.39 is 0 Å². The number of rotatable bonds is 12. The van der Waals surface area contributed by atoms with Gasteiger partial charge in [-0.05, 0) is 61.8 Å². The molecule has 0 aromatic carbocycles. The molecule has 0 aliphatic heterocycles. The molecular formula is C28H48N2. The quantitative estimate of drug-likeness (QED) is 0.321. The Kier molecular flexibility index (Phi) is 10.7. The van der Waals surface area contributed by atoms with Crippen LogP contribution in [0, 0.1) is 17.8 Å². The molecule has 2 heteroatoms. The number of aryl methyl sites for hydroxylation is 1. The Balaban J connectivity index is 1.30. The van der Waals surface area contributed by atoms with E-state index in [1.165, 1.54) is 115 Å². The lowest BCUT2D eigenvalue weighted by Gasteiger charge is -2.31. The molecule has 3 rings (SSSR count). The van der Waals surface area contributed by atoms with E-state index in [1.54, 1.807) is 0 Å². The first-order chi connectivity index (χ1) is 14.8. The molecule has 1 aromatic heterocycles. The van der Waals surface area contributed by atoms with Gasteiger partial charge in [0.1, 0.15) is 5.82 Å². The van der Waals surface area contributed by atoms with Gasteiger partial charge in [0.2, 0.25) is 0 Å². The summed E-state index contributed by atoms with van der Waals surface area (Å²) in [6, 6.07) is 0. The highest BCUT2D eigenvalue weighted by molar-refractivity contribution is 5.08. The predicted octanol–water partition coefficient (Wildman–Crippen LogP) is 8.65. The molecule has 0 bridgehead atoms. The van der Waals surface area contributed by atoms with Gasteiger partial charge in [-0.2, -0.15) is 0 Å². The second-order valence-electron chi connectivity index (χ2n) is 10.6. The van der Waals surface area contributed by atoms with Crippen LogP contribution in [0.25, 0.3) is 0 Å². The first-order valence-electron chi connectivity index (χ1n) is 13.6. The van der Waals surface area contributed by atoms with Crippen molar-refractivity contribution in [2.75, 3.05) is 0 Å². The summed E-state index contributed by atoms with van der Waals surface area (Å²) in [6.45, 7) is 4.62. The van der Waals surface area contributed by atoms with Crippen LogP contribution in [0.1, 0.15) is 140 Å². The minimum absolute atomic E-state index is 0.615. The van der Waals surface area contributed by atoms with E-state index in [0.717, 1.165) is 30.0 Å². The van der Waals surface area contributed by atoms with Crippen molar-refractivity contribution in [1.29, 1.82) is 0 Å². The largest absolute Gasteiger partial charge is 0.241 e. The Labute approximate surface area is 187 Å². The topological polar surface area (TPSA) is 25.8 Å². The van der Waals surface area contributed by atoms with E-state index in [-0.39, 0.29) is 0 Å². The van der Waals surface area contributed by atoms with Crippen molar-refractivity contribution in [3.63, 3.8) is 0 Å². The van der Waals surface area contributed by atoms with Crippen molar-refractivity contribution < 1.29 is 0 Å². The fraction of sp³-hybridized carbons (Fsp3) is 0.857. The van der Waals surface area contributed by atoms with Crippen LogP contribution in [0.15, 0.2) is 12.4 Å². The van der Waals surface area contributed by atoms with E-state index in [4.69, 9.17) is 9.97 Å². The molecule has 2 aliphatic carbocycles. The molecule has 2 nitrogen and oxygen atoms in total. The second kappa shape index (κ2) is 13.5. The van der Waals surface area contributed by atoms with Gasteiger partial charge in [0.25, 0.3) is 0 Å². The zero-order valence-corrected chi connectivity index (χ0v) is 20.1. The van der Waals surface area contributed by atoms with E-state index >= 15 is 0 Å². The van der Waals surface area contributed by atoms with Crippen molar-refractivity contribution in [1.82, 2.24) is 9.97 Å². The molecular weight excluding hydrogens is 364 g/mol. The van der Waals surface area contributed by atoms with E-state index in [0.29, 0.717) is 5.92 Å². The van der Waals surface area contributed by atoms with Crippen molar-refractivity contribution in [3.8, 4) is 0 Å². The highest BCUT2D eigenvalue weighted by Crippen LogP contribution is 2.39. The lowest BCUT2D eigenvalue weighted by atomic mass is 9.75. The number of aromatic nitrogens is 2. The molecule has 0 saturated heterocycles. The average molecular weight is 413 g/mol. The van der Waals surface area contributed by atoms with Crippen LogP contribution in [-0.4, -0.2) is 9.97 Å². The van der Waals surface area contributed by atoms with E-state index in [1.807, 2.05) is 0 Å². The zero-order chi connectivity index (χ0) is 21.0. The Morgan fingerprint density at radius 1 is 0.633 bits per heavy atom. The van der Waals surface area contributed by atoms with Crippen molar-refractivity contribution in [2.24, 2.45) is 17.8 Å². The van der Waals surface area contributed by atoms with Crippen LogP contribution < -0.4 is 0 Å². The summed E-state index contributed by atoms with van der Waals surface area (Å²) in [5.74, 6) is 4.79. The Bertz CT molecular complexity index is 551. The standard InChI is InChI=1S/C28H48N2/c1-3-5-6-7-8-10-26-21-29-28(30-22-26)27-19-17-25(18-20-27)16-15-24-13-11-23(9-4-2)12-14-24/h21-25,27H,3-20H2,1-2H3. The number of hydrogen-bond acceptors (Lipinski definition) is 2. The minimum atomic E-state index is 0.615. The fourth-order valence-electron chi connectivity index (χ4n) is 6.04. The summed E-state index contributed by atoms with van der Waals surface area (Å²) in [5, 5.41) is 0. The molecule has 2 fully saturated rings. The maximum atomic E-state index is 4.77. The normalized spacial score (nSPS) is 27.3.